The van der Waals surface area contributed by atoms with Gasteiger partial charge in [-0.05, 0) is 62.2 Å². The van der Waals surface area contributed by atoms with Crippen LogP contribution in [0.25, 0.3) is 17.2 Å². The van der Waals surface area contributed by atoms with Crippen LogP contribution in [-0.2, 0) is 9.53 Å². The van der Waals surface area contributed by atoms with Gasteiger partial charge in [-0.2, -0.15) is 5.26 Å². The Kier molecular flexibility index (Phi) is 9.30. The van der Waals surface area contributed by atoms with Crippen molar-refractivity contribution in [1.82, 2.24) is 0 Å². The Morgan fingerprint density at radius 3 is 2.41 bits per heavy atom. The number of methoxy groups -OCH3 is 2. The number of hydrogen-bond donors (Lipinski definition) is 1. The number of hydrogen-bond acceptors (Lipinski definition) is 8. The van der Waals surface area contributed by atoms with Crippen LogP contribution < -0.4 is 19.5 Å². The van der Waals surface area contributed by atoms with Crippen molar-refractivity contribution in [2.75, 3.05) is 26.1 Å². The molecule has 3 aromatic rings. The maximum Gasteiger partial charge on any atom is 0.341 e. The number of nitrogens with zero attached hydrogens (tertiary/aromatic N) is 1. The highest BCUT2D eigenvalue weighted by Crippen LogP contribution is 2.37. The second-order valence-corrected chi connectivity index (χ2v) is 8.88. The summed E-state index contributed by atoms with van der Waals surface area (Å²) in [5.74, 6) is 0.485. The number of amides is 1. The van der Waals surface area contributed by atoms with Crippen molar-refractivity contribution in [3.8, 4) is 34.4 Å². The molecule has 0 saturated heterocycles. The van der Waals surface area contributed by atoms with Gasteiger partial charge in [-0.25, -0.2) is 4.79 Å². The number of nitriles is 1. The first-order chi connectivity index (χ1) is 17.8. The van der Waals surface area contributed by atoms with Crippen LogP contribution in [-0.4, -0.2) is 38.8 Å². The van der Waals surface area contributed by atoms with Crippen molar-refractivity contribution < 1.29 is 28.5 Å². The molecule has 37 heavy (non-hydrogen) atoms. The summed E-state index contributed by atoms with van der Waals surface area (Å²) in [5.41, 5.74) is 2.02. The highest BCUT2D eigenvalue weighted by atomic mass is 32.1. The molecule has 1 amide bonds. The van der Waals surface area contributed by atoms with Crippen molar-refractivity contribution in [3.05, 3.63) is 64.5 Å². The molecule has 1 N–H and O–H groups in total. The first-order valence-electron chi connectivity index (χ1n) is 11.5. The maximum atomic E-state index is 13.1. The Balaban J connectivity index is 1.93. The zero-order valence-electron chi connectivity index (χ0n) is 21.3. The molecule has 3 rings (SSSR count). The Bertz CT molecular complexity index is 1340. The summed E-state index contributed by atoms with van der Waals surface area (Å²) in [6.45, 7) is 5.69. The molecule has 1 aromatic heterocycles. The van der Waals surface area contributed by atoms with Gasteiger partial charge < -0.3 is 24.3 Å². The van der Waals surface area contributed by atoms with Gasteiger partial charge in [0.1, 0.15) is 28.0 Å². The first-order valence-corrected chi connectivity index (χ1v) is 12.4. The highest BCUT2D eigenvalue weighted by molar-refractivity contribution is 7.15. The van der Waals surface area contributed by atoms with Crippen LogP contribution in [0.15, 0.2) is 53.4 Å². The molecule has 1 heterocycles. The van der Waals surface area contributed by atoms with Gasteiger partial charge >= 0.3 is 5.97 Å². The molecule has 0 bridgehead atoms. The number of esters is 1. The van der Waals surface area contributed by atoms with Gasteiger partial charge in [0, 0.05) is 10.9 Å². The zero-order chi connectivity index (χ0) is 26.9. The quantitative estimate of drug-likeness (QED) is 0.200. The number of ether oxygens (including phenoxy) is 4. The Hall–Kier alpha value is -4.29. The summed E-state index contributed by atoms with van der Waals surface area (Å²) < 4.78 is 21.6. The van der Waals surface area contributed by atoms with E-state index in [-0.39, 0.29) is 28.8 Å². The topological polar surface area (TPSA) is 107 Å². The molecule has 2 aromatic carbocycles. The van der Waals surface area contributed by atoms with Crippen molar-refractivity contribution in [3.63, 3.8) is 0 Å². The van der Waals surface area contributed by atoms with Crippen LogP contribution in [0.5, 0.6) is 17.2 Å². The molecule has 0 aliphatic heterocycles. The lowest BCUT2D eigenvalue weighted by atomic mass is 10.0. The van der Waals surface area contributed by atoms with Crippen LogP contribution in [0.4, 0.5) is 5.00 Å². The maximum absolute atomic E-state index is 13.1. The average Bonchev–Trinajstić information content (AvgIpc) is 3.31. The second-order valence-electron chi connectivity index (χ2n) is 8.00. The van der Waals surface area contributed by atoms with Gasteiger partial charge in [0.25, 0.3) is 5.91 Å². The molecule has 0 aliphatic carbocycles. The standard InChI is InChI=1S/C28H28N2O6S/c1-6-35-28(32)25-22(19-8-10-21(33-4)11-9-19)16-37-27(25)30-26(31)20(15-29)13-18-7-12-23(36-17(2)3)24(14-18)34-5/h7-14,16-17H,6H2,1-5H3,(H,30,31)/b20-13-. The van der Waals surface area contributed by atoms with E-state index < -0.39 is 11.9 Å². The largest absolute Gasteiger partial charge is 0.497 e. The molecule has 0 unspecified atom stereocenters. The van der Waals surface area contributed by atoms with Gasteiger partial charge in [-0.1, -0.05) is 18.2 Å². The summed E-state index contributed by atoms with van der Waals surface area (Å²) in [4.78, 5) is 25.9. The fourth-order valence-electron chi connectivity index (χ4n) is 3.45. The third-order valence-corrected chi connectivity index (χ3v) is 6.02. The summed E-state index contributed by atoms with van der Waals surface area (Å²) in [6, 6.07) is 14.2. The molecular weight excluding hydrogens is 492 g/mol. The molecule has 8 nitrogen and oxygen atoms in total. The van der Waals surface area contributed by atoms with Crippen LogP contribution in [0.3, 0.4) is 0 Å². The molecule has 0 fully saturated rings. The normalized spacial score (nSPS) is 11.0. The number of carbonyl (C=O) groups excluding carboxylic acids is 2. The van der Waals surface area contributed by atoms with Crippen molar-refractivity contribution >= 4 is 34.3 Å². The van der Waals surface area contributed by atoms with E-state index in [1.54, 1.807) is 49.7 Å². The molecular formula is C28H28N2O6S. The highest BCUT2D eigenvalue weighted by Gasteiger charge is 2.24. The number of anilines is 1. The van der Waals surface area contributed by atoms with Crippen LogP contribution >= 0.6 is 11.3 Å². The number of nitrogens with one attached hydrogen (secondary N) is 1. The molecule has 192 valence electrons. The fourth-order valence-corrected chi connectivity index (χ4v) is 4.40. The molecule has 0 radical (unpaired) electrons. The zero-order valence-corrected chi connectivity index (χ0v) is 22.1. The van der Waals surface area contributed by atoms with E-state index in [1.807, 2.05) is 32.0 Å². The van der Waals surface area contributed by atoms with Crippen molar-refractivity contribution in [2.24, 2.45) is 0 Å². The lowest BCUT2D eigenvalue weighted by molar-refractivity contribution is -0.112. The number of thiophene rings is 1. The summed E-state index contributed by atoms with van der Waals surface area (Å²) >= 11 is 1.17. The first kappa shape index (κ1) is 27.3. The van der Waals surface area contributed by atoms with Crippen molar-refractivity contribution in [2.45, 2.75) is 26.9 Å². The van der Waals surface area contributed by atoms with Crippen LogP contribution in [0.1, 0.15) is 36.7 Å². The third kappa shape index (κ3) is 6.68. The van der Waals surface area contributed by atoms with E-state index in [0.717, 1.165) is 5.56 Å². The van der Waals surface area contributed by atoms with Gasteiger partial charge in [0.15, 0.2) is 11.5 Å². The lowest BCUT2D eigenvalue weighted by Gasteiger charge is -2.14. The minimum atomic E-state index is -0.655. The molecule has 0 saturated carbocycles. The van der Waals surface area contributed by atoms with E-state index in [0.29, 0.717) is 28.4 Å². The van der Waals surface area contributed by atoms with E-state index in [1.165, 1.54) is 24.5 Å². The molecule has 0 spiro atoms. The number of rotatable bonds is 10. The lowest BCUT2D eigenvalue weighted by Crippen LogP contribution is -2.16. The van der Waals surface area contributed by atoms with Gasteiger partial charge in [0.2, 0.25) is 0 Å². The predicted molar refractivity (Wildman–Crippen MR) is 143 cm³/mol. The van der Waals surface area contributed by atoms with Gasteiger partial charge in [-0.3, -0.25) is 4.79 Å². The predicted octanol–water partition coefficient (Wildman–Crippen LogP) is 5.94. The number of benzene rings is 2. The summed E-state index contributed by atoms with van der Waals surface area (Å²) in [6.07, 6.45) is 1.40. The fraction of sp³-hybridized carbons (Fsp3) is 0.250. The Morgan fingerprint density at radius 2 is 1.81 bits per heavy atom. The van der Waals surface area contributed by atoms with E-state index >= 15 is 0 Å². The minimum absolute atomic E-state index is 0.0436. The Morgan fingerprint density at radius 1 is 1.08 bits per heavy atom. The third-order valence-electron chi connectivity index (χ3n) is 5.13. The smallest absolute Gasteiger partial charge is 0.341 e. The average molecular weight is 521 g/mol. The SMILES string of the molecule is CCOC(=O)c1c(-c2ccc(OC)cc2)csc1NC(=O)/C(C#N)=C\c1ccc(OC(C)C)c(OC)c1. The minimum Gasteiger partial charge on any atom is -0.497 e. The van der Waals surface area contributed by atoms with E-state index in [4.69, 9.17) is 18.9 Å². The van der Waals surface area contributed by atoms with Crippen LogP contribution in [0.2, 0.25) is 0 Å². The molecule has 9 heteroatoms. The van der Waals surface area contributed by atoms with E-state index in [9.17, 15) is 14.9 Å². The monoisotopic (exact) mass is 520 g/mol. The van der Waals surface area contributed by atoms with Gasteiger partial charge in [0.05, 0.1) is 26.9 Å². The molecule has 0 atom stereocenters. The Labute approximate surface area is 220 Å². The summed E-state index contributed by atoms with van der Waals surface area (Å²) in [7, 11) is 3.09. The van der Waals surface area contributed by atoms with Crippen molar-refractivity contribution in [1.29, 1.82) is 5.26 Å². The molecule has 0 aliphatic rings. The second kappa shape index (κ2) is 12.6. The van der Waals surface area contributed by atoms with Gasteiger partial charge in [-0.15, -0.1) is 11.3 Å². The van der Waals surface area contributed by atoms with Crippen LogP contribution in [0, 0.1) is 11.3 Å². The summed E-state index contributed by atoms with van der Waals surface area (Å²) in [5, 5.41) is 14.5. The van der Waals surface area contributed by atoms with E-state index in [2.05, 4.69) is 5.32 Å². The number of carbonyl (C=O) groups is 2.